The van der Waals surface area contributed by atoms with Gasteiger partial charge in [0.25, 0.3) is 0 Å². The SMILES string of the molecule is [B]c1c([B])c([B])c2c(c1[B])c1c([B])c(C)c([B])c([B])c1n2-c1ccc2oc3cc(-c4nc(-c5ccccc5)nc(-c5ccccc5)n4)ccc3c2c1. The maximum absolute atomic E-state index is 6.74. The Morgan fingerprint density at radius 1 is 0.462 bits per heavy atom. The Hall–Kier alpha value is -5.62. The number of aromatic nitrogens is 4. The van der Waals surface area contributed by atoms with Crippen molar-refractivity contribution in [2.75, 3.05) is 0 Å². The first-order valence-corrected chi connectivity index (χ1v) is 16.5. The molecule has 0 saturated heterocycles. The summed E-state index contributed by atoms with van der Waals surface area (Å²) >= 11 is 0. The fraction of sp³-hybridized carbons (Fsp3) is 0.0250. The van der Waals surface area contributed by atoms with Crippen LogP contribution in [0.15, 0.2) is 101 Å². The maximum Gasteiger partial charge on any atom is 0.164 e. The molecule has 9 rings (SSSR count). The molecule has 12 heteroatoms. The van der Waals surface area contributed by atoms with Gasteiger partial charge in [-0.05, 0) is 48.0 Å². The van der Waals surface area contributed by atoms with E-state index in [0.29, 0.717) is 78.1 Å². The molecule has 0 bridgehead atoms. The lowest BCUT2D eigenvalue weighted by Gasteiger charge is -2.17. The smallest absolute Gasteiger partial charge is 0.164 e. The molecule has 14 radical (unpaired) electrons. The zero-order chi connectivity index (χ0) is 36.0. The lowest BCUT2D eigenvalue weighted by atomic mass is 9.64. The third-order valence-electron chi connectivity index (χ3n) is 9.86. The van der Waals surface area contributed by atoms with Crippen LogP contribution < -0.4 is 38.2 Å². The van der Waals surface area contributed by atoms with Crippen molar-refractivity contribution >= 4 is 137 Å². The van der Waals surface area contributed by atoms with Crippen LogP contribution in [0.1, 0.15) is 5.56 Å². The van der Waals surface area contributed by atoms with E-state index in [1.165, 1.54) is 0 Å². The van der Waals surface area contributed by atoms with Crippen LogP contribution >= 0.6 is 0 Å². The number of hydrogen-bond acceptors (Lipinski definition) is 4. The van der Waals surface area contributed by atoms with E-state index >= 15 is 0 Å². The zero-order valence-electron chi connectivity index (χ0n) is 28.0. The van der Waals surface area contributed by atoms with Crippen molar-refractivity contribution in [2.24, 2.45) is 0 Å². The molecule has 226 valence electrons. The molecule has 0 N–H and O–H groups in total. The molecule has 0 unspecified atom stereocenters. The lowest BCUT2D eigenvalue weighted by molar-refractivity contribution is 0.669. The predicted molar refractivity (Wildman–Crippen MR) is 220 cm³/mol. The summed E-state index contributed by atoms with van der Waals surface area (Å²) in [6, 6.07) is 31.4. The minimum atomic E-state index is 0.169. The third kappa shape index (κ3) is 4.77. The van der Waals surface area contributed by atoms with Gasteiger partial charge in [-0.25, -0.2) is 15.0 Å². The van der Waals surface area contributed by atoms with Gasteiger partial charge in [0.15, 0.2) is 17.5 Å². The minimum Gasteiger partial charge on any atom is -0.456 e. The third-order valence-corrected chi connectivity index (χ3v) is 9.86. The first-order chi connectivity index (χ1) is 25.1. The molecule has 6 aromatic carbocycles. The van der Waals surface area contributed by atoms with E-state index in [2.05, 4.69) is 0 Å². The summed E-state index contributed by atoms with van der Waals surface area (Å²) < 4.78 is 8.31. The number of rotatable bonds is 4. The van der Waals surface area contributed by atoms with Gasteiger partial charge in [-0.15, -0.1) is 10.9 Å². The van der Waals surface area contributed by atoms with Crippen LogP contribution in [-0.4, -0.2) is 74.4 Å². The molecule has 0 aliphatic rings. The standard InChI is InChI=1S/C40H19B7N4O/c1-18-29(41)27-28-31(43)32(44)33(45)35(47)37(28)51(36(27)34(46)30(18)42)22-13-15-25-24(17-22)23-14-12-21(16-26(23)52-25)40-49-38(19-8-4-2-5-9-19)48-39(50-40)20-10-6-3-7-11-20/h2-17H,1H3. The van der Waals surface area contributed by atoms with Crippen LogP contribution in [0.25, 0.3) is 83.6 Å². The van der Waals surface area contributed by atoms with Gasteiger partial charge in [-0.2, -0.15) is 0 Å². The Morgan fingerprint density at radius 2 is 1.00 bits per heavy atom. The molecule has 3 heterocycles. The molecule has 52 heavy (non-hydrogen) atoms. The number of nitrogens with zero attached hydrogens (tertiary/aromatic N) is 4. The molecule has 0 atom stereocenters. The van der Waals surface area contributed by atoms with E-state index in [0.717, 1.165) is 27.5 Å². The second kappa shape index (κ2) is 12.0. The highest BCUT2D eigenvalue weighted by Crippen LogP contribution is 2.35. The second-order valence-corrected chi connectivity index (χ2v) is 12.8. The molecule has 0 aliphatic carbocycles. The Balaban J connectivity index is 1.26. The molecule has 0 fully saturated rings. The van der Waals surface area contributed by atoms with Gasteiger partial charge in [0.1, 0.15) is 66.1 Å². The van der Waals surface area contributed by atoms with Gasteiger partial charge >= 0.3 is 0 Å². The van der Waals surface area contributed by atoms with Gasteiger partial charge < -0.3 is 8.98 Å². The summed E-state index contributed by atoms with van der Waals surface area (Å²) in [6.07, 6.45) is 0. The summed E-state index contributed by atoms with van der Waals surface area (Å²) in [5.41, 5.74) is 8.24. The minimum absolute atomic E-state index is 0.169. The Bertz CT molecular complexity index is 2810. The summed E-state index contributed by atoms with van der Waals surface area (Å²) in [5.74, 6) is 1.66. The second-order valence-electron chi connectivity index (χ2n) is 12.8. The molecule has 0 saturated carbocycles. The maximum atomic E-state index is 6.74. The Labute approximate surface area is 309 Å². The van der Waals surface area contributed by atoms with Gasteiger partial charge in [-0.3, -0.25) is 0 Å². The van der Waals surface area contributed by atoms with E-state index < -0.39 is 0 Å². The normalized spacial score (nSPS) is 11.7. The fourth-order valence-electron chi connectivity index (χ4n) is 7.06. The van der Waals surface area contributed by atoms with Crippen molar-refractivity contribution in [3.05, 3.63) is 103 Å². The fourth-order valence-corrected chi connectivity index (χ4v) is 7.06. The number of fused-ring (bicyclic) bond motifs is 6. The first kappa shape index (κ1) is 32.3. The number of hydrogen-bond donors (Lipinski definition) is 0. The van der Waals surface area contributed by atoms with Crippen LogP contribution in [0.2, 0.25) is 0 Å². The highest BCUT2D eigenvalue weighted by Gasteiger charge is 2.23. The van der Waals surface area contributed by atoms with Gasteiger partial charge in [-0.1, -0.05) is 99.6 Å². The Morgan fingerprint density at radius 3 is 1.62 bits per heavy atom. The predicted octanol–water partition coefficient (Wildman–Crippen LogP) is 1.73. The van der Waals surface area contributed by atoms with Crippen molar-refractivity contribution in [2.45, 2.75) is 6.92 Å². The number of benzene rings is 6. The zero-order valence-corrected chi connectivity index (χ0v) is 28.0. The van der Waals surface area contributed by atoms with Crippen molar-refractivity contribution < 1.29 is 4.42 Å². The largest absolute Gasteiger partial charge is 0.456 e. The van der Waals surface area contributed by atoms with Gasteiger partial charge in [0.2, 0.25) is 0 Å². The average Bonchev–Trinajstić information content (AvgIpc) is 3.74. The summed E-state index contributed by atoms with van der Waals surface area (Å²) in [7, 11) is 46.0. The molecule has 9 aromatic rings. The molecule has 0 aliphatic heterocycles. The van der Waals surface area contributed by atoms with E-state index in [1.54, 1.807) is 0 Å². The highest BCUT2D eigenvalue weighted by atomic mass is 16.3. The van der Waals surface area contributed by atoms with Crippen molar-refractivity contribution in [1.82, 2.24) is 19.5 Å². The van der Waals surface area contributed by atoms with Gasteiger partial charge in [0, 0.05) is 44.2 Å². The van der Waals surface area contributed by atoms with Crippen LogP contribution in [0.3, 0.4) is 0 Å². The van der Waals surface area contributed by atoms with Crippen molar-refractivity contribution in [3.8, 4) is 39.9 Å². The molecule has 3 aromatic heterocycles. The van der Waals surface area contributed by atoms with Crippen LogP contribution in [-0.2, 0) is 0 Å². The topological polar surface area (TPSA) is 56.7 Å². The monoisotopic (exact) mass is 648 g/mol. The van der Waals surface area contributed by atoms with Crippen LogP contribution in [0.4, 0.5) is 0 Å². The summed E-state index contributed by atoms with van der Waals surface area (Å²) in [6.45, 7) is 1.81. The van der Waals surface area contributed by atoms with Crippen molar-refractivity contribution in [1.29, 1.82) is 0 Å². The molecular formula is C40H19B7N4O. The van der Waals surface area contributed by atoms with Crippen molar-refractivity contribution in [3.63, 3.8) is 0 Å². The van der Waals surface area contributed by atoms with Gasteiger partial charge in [0.05, 0.1) is 0 Å². The van der Waals surface area contributed by atoms with E-state index in [-0.39, 0.29) is 21.9 Å². The Kier molecular flexibility index (Phi) is 7.44. The lowest BCUT2D eigenvalue weighted by Crippen LogP contribution is -2.48. The van der Waals surface area contributed by atoms with E-state index in [1.807, 2.05) is 109 Å². The van der Waals surface area contributed by atoms with E-state index in [4.69, 9.17) is 74.3 Å². The highest BCUT2D eigenvalue weighted by molar-refractivity contribution is 6.69. The molecule has 0 amide bonds. The molecule has 5 nitrogen and oxygen atoms in total. The average molecular weight is 647 g/mol. The first-order valence-electron chi connectivity index (χ1n) is 16.5. The summed E-state index contributed by atoms with van der Waals surface area (Å²) in [4.78, 5) is 14.6. The van der Waals surface area contributed by atoms with Crippen LogP contribution in [0, 0.1) is 6.92 Å². The van der Waals surface area contributed by atoms with Crippen LogP contribution in [0.5, 0.6) is 0 Å². The number of furan rings is 1. The molecular weight excluding hydrogens is 628 g/mol. The molecule has 0 spiro atoms. The summed E-state index contributed by atoms with van der Waals surface area (Å²) in [5, 5.41) is 2.87. The van der Waals surface area contributed by atoms with E-state index in [9.17, 15) is 0 Å². The quantitative estimate of drug-likeness (QED) is 0.274.